The van der Waals surface area contributed by atoms with Crippen molar-refractivity contribution in [1.82, 2.24) is 15.2 Å². The summed E-state index contributed by atoms with van der Waals surface area (Å²) < 4.78 is 58.8. The van der Waals surface area contributed by atoms with Crippen molar-refractivity contribution < 1.29 is 31.9 Å². The van der Waals surface area contributed by atoms with E-state index in [1.54, 1.807) is 19.2 Å². The van der Waals surface area contributed by atoms with Gasteiger partial charge in [-0.25, -0.2) is 22.5 Å². The Morgan fingerprint density at radius 1 is 1.06 bits per heavy atom. The van der Waals surface area contributed by atoms with Gasteiger partial charge >= 0.3 is 0 Å². The summed E-state index contributed by atoms with van der Waals surface area (Å²) in [6.45, 7) is 1.96. The molecule has 11 heteroatoms. The highest BCUT2D eigenvalue weighted by atomic mass is 19.2. The molecular weight excluding hydrogens is 432 g/mol. The van der Waals surface area contributed by atoms with Crippen molar-refractivity contribution in [2.24, 2.45) is 0 Å². The zero-order valence-corrected chi connectivity index (χ0v) is 17.3. The van der Waals surface area contributed by atoms with Gasteiger partial charge in [-0.1, -0.05) is 0 Å². The molecule has 0 spiro atoms. The average molecular weight is 454 g/mol. The summed E-state index contributed by atoms with van der Waals surface area (Å²) in [5, 5.41) is 2.76. The van der Waals surface area contributed by atoms with Crippen LogP contribution in [0.15, 0.2) is 24.4 Å². The van der Waals surface area contributed by atoms with E-state index in [1.165, 1.54) is 11.1 Å². The number of nitrogens with one attached hydrogen (secondary N) is 1. The number of halogens is 4. The normalized spacial score (nSPS) is 13.9. The zero-order chi connectivity index (χ0) is 23.3. The third-order valence-corrected chi connectivity index (χ3v) is 5.04. The molecule has 0 saturated carbocycles. The molecule has 0 atom stereocenters. The van der Waals surface area contributed by atoms with Crippen molar-refractivity contribution in [3.63, 3.8) is 0 Å². The second-order valence-corrected chi connectivity index (χ2v) is 7.13. The van der Waals surface area contributed by atoms with Crippen LogP contribution in [-0.2, 0) is 4.74 Å². The molecule has 0 unspecified atom stereocenters. The van der Waals surface area contributed by atoms with Crippen molar-refractivity contribution in [2.75, 3.05) is 51.3 Å². The van der Waals surface area contributed by atoms with E-state index < -0.39 is 34.7 Å². The number of anilines is 1. The number of pyridine rings is 1. The number of carbonyl (C=O) groups excluding carboxylic acids is 2. The molecule has 32 heavy (non-hydrogen) atoms. The lowest BCUT2D eigenvalue weighted by Crippen LogP contribution is -2.49. The monoisotopic (exact) mass is 454 g/mol. The highest BCUT2D eigenvalue weighted by molar-refractivity contribution is 5.95. The quantitative estimate of drug-likeness (QED) is 0.301. The third-order valence-electron chi connectivity index (χ3n) is 5.04. The second kappa shape index (κ2) is 10.4. The van der Waals surface area contributed by atoms with Crippen LogP contribution in [-0.4, -0.2) is 68.1 Å². The third kappa shape index (κ3) is 5.16. The maximum Gasteiger partial charge on any atom is 0.257 e. The summed E-state index contributed by atoms with van der Waals surface area (Å²) in [4.78, 5) is 31.9. The summed E-state index contributed by atoms with van der Waals surface area (Å²) in [5.74, 6) is -7.91. The van der Waals surface area contributed by atoms with Crippen LogP contribution >= 0.6 is 0 Å². The molecule has 1 N–H and O–H groups in total. The molecule has 1 fully saturated rings. The van der Waals surface area contributed by atoms with Crippen LogP contribution < -0.4 is 10.2 Å². The van der Waals surface area contributed by atoms with Gasteiger partial charge < -0.3 is 19.9 Å². The molecule has 0 bridgehead atoms. The number of carbonyl (C=O) groups is 2. The van der Waals surface area contributed by atoms with Crippen LogP contribution in [0.3, 0.4) is 0 Å². The van der Waals surface area contributed by atoms with E-state index in [9.17, 15) is 27.2 Å². The molecule has 0 radical (unpaired) electrons. The van der Waals surface area contributed by atoms with Crippen LogP contribution in [0, 0.1) is 23.3 Å². The predicted molar refractivity (Wildman–Crippen MR) is 107 cm³/mol. The first kappa shape index (κ1) is 23.5. The Bertz CT molecular complexity index is 980. The molecule has 3 rings (SSSR count). The highest BCUT2D eigenvalue weighted by Gasteiger charge is 2.28. The van der Waals surface area contributed by atoms with E-state index in [0.29, 0.717) is 50.1 Å². The summed E-state index contributed by atoms with van der Waals surface area (Å²) in [6, 6.07) is 3.67. The van der Waals surface area contributed by atoms with E-state index in [0.717, 1.165) is 0 Å². The van der Waals surface area contributed by atoms with Gasteiger partial charge in [-0.2, -0.15) is 0 Å². The summed E-state index contributed by atoms with van der Waals surface area (Å²) in [6.07, 6.45) is 2.13. The first-order chi connectivity index (χ1) is 15.3. The zero-order valence-electron chi connectivity index (χ0n) is 17.3. The smallest absolute Gasteiger partial charge is 0.257 e. The largest absolute Gasteiger partial charge is 0.385 e. The fourth-order valence-corrected chi connectivity index (χ4v) is 3.27. The Balaban J connectivity index is 1.58. The van der Waals surface area contributed by atoms with Gasteiger partial charge in [-0.15, -0.1) is 0 Å². The van der Waals surface area contributed by atoms with E-state index in [2.05, 4.69) is 10.3 Å². The first-order valence-electron chi connectivity index (χ1n) is 9.94. The first-order valence-corrected chi connectivity index (χ1v) is 9.94. The molecule has 1 saturated heterocycles. The molecular formula is C21H22F4N4O3. The molecule has 2 aromatic rings. The Kier molecular flexibility index (Phi) is 7.62. The second-order valence-electron chi connectivity index (χ2n) is 7.13. The maximum absolute atomic E-state index is 13.9. The molecule has 1 aromatic carbocycles. The molecule has 2 heterocycles. The van der Waals surface area contributed by atoms with Gasteiger partial charge in [0.2, 0.25) is 0 Å². The number of hydrogen-bond donors (Lipinski definition) is 1. The maximum atomic E-state index is 13.9. The van der Waals surface area contributed by atoms with Gasteiger partial charge in [-0.05, 0) is 24.6 Å². The number of nitrogens with zero attached hydrogens (tertiary/aromatic N) is 3. The van der Waals surface area contributed by atoms with Crippen molar-refractivity contribution in [2.45, 2.75) is 6.42 Å². The molecule has 0 aliphatic carbocycles. The number of methoxy groups -OCH3 is 1. The van der Waals surface area contributed by atoms with E-state index in [4.69, 9.17) is 4.74 Å². The molecule has 1 aromatic heterocycles. The number of piperazine rings is 1. The van der Waals surface area contributed by atoms with E-state index in [1.807, 2.05) is 4.90 Å². The summed E-state index contributed by atoms with van der Waals surface area (Å²) in [5.41, 5.74) is -0.454. The molecule has 7 nitrogen and oxygen atoms in total. The van der Waals surface area contributed by atoms with Crippen molar-refractivity contribution in [1.29, 1.82) is 0 Å². The fourth-order valence-electron chi connectivity index (χ4n) is 3.27. The number of ether oxygens (including phenoxy) is 1. The topological polar surface area (TPSA) is 74.8 Å². The molecule has 2 amide bonds. The van der Waals surface area contributed by atoms with Crippen LogP contribution in [0.1, 0.15) is 27.1 Å². The number of rotatable bonds is 7. The minimum absolute atomic E-state index is 0.141. The van der Waals surface area contributed by atoms with Gasteiger partial charge in [0, 0.05) is 52.6 Å². The lowest BCUT2D eigenvalue weighted by atomic mass is 10.1. The molecule has 172 valence electrons. The minimum Gasteiger partial charge on any atom is -0.385 e. The number of aromatic nitrogens is 1. The summed E-state index contributed by atoms with van der Waals surface area (Å²) >= 11 is 0. The summed E-state index contributed by atoms with van der Waals surface area (Å²) in [7, 11) is 1.58. The standard InChI is InChI=1S/C21H22F4N4O3/c1-32-10-2-5-26-20(30)13-3-4-16(27-12-13)28-6-8-29(9-7-28)21(31)14-11-15(22)18(24)19(25)17(14)23/h3-4,11-12H,2,5-10H2,1H3,(H,26,30). The SMILES string of the molecule is COCCCNC(=O)c1ccc(N2CCN(C(=O)c3cc(F)c(F)c(F)c3F)CC2)nc1. The van der Waals surface area contributed by atoms with Crippen molar-refractivity contribution >= 4 is 17.6 Å². The number of amides is 2. The van der Waals surface area contributed by atoms with Gasteiger partial charge in [0.25, 0.3) is 11.8 Å². The average Bonchev–Trinajstić information content (AvgIpc) is 2.82. The fraction of sp³-hybridized carbons (Fsp3) is 0.381. The Morgan fingerprint density at radius 3 is 2.41 bits per heavy atom. The van der Waals surface area contributed by atoms with Gasteiger partial charge in [0.1, 0.15) is 5.82 Å². The van der Waals surface area contributed by atoms with Gasteiger partial charge in [0.15, 0.2) is 23.3 Å². The van der Waals surface area contributed by atoms with Crippen molar-refractivity contribution in [3.05, 3.63) is 58.8 Å². The van der Waals surface area contributed by atoms with Crippen LogP contribution in [0.5, 0.6) is 0 Å². The van der Waals surface area contributed by atoms with Crippen LogP contribution in [0.25, 0.3) is 0 Å². The van der Waals surface area contributed by atoms with Crippen LogP contribution in [0.2, 0.25) is 0 Å². The lowest BCUT2D eigenvalue weighted by Gasteiger charge is -2.35. The van der Waals surface area contributed by atoms with E-state index in [-0.39, 0.29) is 19.0 Å². The highest BCUT2D eigenvalue weighted by Crippen LogP contribution is 2.21. The Morgan fingerprint density at radius 2 is 1.78 bits per heavy atom. The minimum atomic E-state index is -2.01. The van der Waals surface area contributed by atoms with Gasteiger partial charge in [-0.3, -0.25) is 9.59 Å². The lowest BCUT2D eigenvalue weighted by molar-refractivity contribution is 0.0739. The Labute approximate surface area is 182 Å². The molecule has 1 aliphatic rings. The van der Waals surface area contributed by atoms with Crippen molar-refractivity contribution in [3.8, 4) is 0 Å². The number of hydrogen-bond acceptors (Lipinski definition) is 5. The van der Waals surface area contributed by atoms with Crippen LogP contribution in [0.4, 0.5) is 23.4 Å². The number of benzene rings is 1. The Hall–Kier alpha value is -3.21. The van der Waals surface area contributed by atoms with E-state index >= 15 is 0 Å². The van der Waals surface area contributed by atoms with Gasteiger partial charge in [0.05, 0.1) is 11.1 Å². The molecule has 1 aliphatic heterocycles. The predicted octanol–water partition coefficient (Wildman–Crippen LogP) is 2.37.